The van der Waals surface area contributed by atoms with Crippen LogP contribution in [-0.4, -0.2) is 80.9 Å². The fourth-order valence-electron chi connectivity index (χ4n) is 5.00. The zero-order chi connectivity index (χ0) is 23.5. The van der Waals surface area contributed by atoms with Crippen LogP contribution in [0.3, 0.4) is 0 Å². The van der Waals surface area contributed by atoms with Crippen LogP contribution in [0.15, 0.2) is 53.2 Å². The molecule has 2 atom stereocenters. The van der Waals surface area contributed by atoms with Crippen LogP contribution in [0.2, 0.25) is 0 Å². The topological polar surface area (TPSA) is 63.6 Å². The molecule has 0 saturated carbocycles. The van der Waals surface area contributed by atoms with E-state index in [1.165, 1.54) is 11.1 Å². The lowest BCUT2D eigenvalue weighted by Gasteiger charge is -2.36. The Morgan fingerprint density at radius 3 is 2.65 bits per heavy atom. The van der Waals surface area contributed by atoms with Gasteiger partial charge in [0.15, 0.2) is 12.4 Å². The fourth-order valence-corrected chi connectivity index (χ4v) is 5.00. The molecule has 0 spiro atoms. The van der Waals surface area contributed by atoms with Crippen molar-refractivity contribution in [2.24, 2.45) is 11.1 Å². The molecule has 0 aliphatic carbocycles. The van der Waals surface area contributed by atoms with E-state index in [1.807, 2.05) is 12.1 Å². The molecule has 1 saturated heterocycles. The molecule has 2 aromatic carbocycles. The van der Waals surface area contributed by atoms with Gasteiger partial charge in [0, 0.05) is 44.8 Å². The van der Waals surface area contributed by atoms with Crippen LogP contribution in [0.1, 0.15) is 28.4 Å². The molecule has 2 aromatic rings. The summed E-state index contributed by atoms with van der Waals surface area (Å²) in [7, 11) is 1.56. The molecular formula is C27H31N3O4. The molecule has 0 N–H and O–H groups in total. The van der Waals surface area contributed by atoms with E-state index in [2.05, 4.69) is 52.2 Å². The van der Waals surface area contributed by atoms with Gasteiger partial charge in [0.2, 0.25) is 0 Å². The first-order valence-corrected chi connectivity index (χ1v) is 11.9. The first-order chi connectivity index (χ1) is 16.6. The van der Waals surface area contributed by atoms with E-state index < -0.39 is 0 Å². The van der Waals surface area contributed by atoms with Crippen LogP contribution in [0.4, 0.5) is 0 Å². The van der Waals surface area contributed by atoms with Gasteiger partial charge in [-0.1, -0.05) is 47.1 Å². The van der Waals surface area contributed by atoms with E-state index in [0.717, 1.165) is 56.8 Å². The molecule has 7 nitrogen and oxygen atoms in total. The summed E-state index contributed by atoms with van der Waals surface area (Å²) in [5.41, 5.74) is 4.85. The second-order valence-electron chi connectivity index (χ2n) is 9.22. The summed E-state index contributed by atoms with van der Waals surface area (Å²) in [6.45, 7) is 8.62. The highest BCUT2D eigenvalue weighted by molar-refractivity contribution is 6.07. The van der Waals surface area contributed by atoms with E-state index in [0.29, 0.717) is 23.7 Å². The number of methoxy groups -OCH3 is 1. The number of ether oxygens (including phenoxy) is 2. The van der Waals surface area contributed by atoms with Gasteiger partial charge in [-0.25, -0.2) is 0 Å². The van der Waals surface area contributed by atoms with Gasteiger partial charge in [0.05, 0.1) is 18.6 Å². The standard InChI is InChI=1S/C27H31N3O4/c1-19(12-20-6-4-3-5-7-20)15-29-8-10-30(11-9-29)16-26-23-18-33-25-13-21(17-31)24(32-2)14-22(25)27(23)28-34-26/h3-7,12-14,17,23,26H,8-11,15-16,18H2,1-2H3/b19-12+. The normalized spacial score (nSPS) is 22.8. The average Bonchev–Trinajstić information content (AvgIpc) is 3.28. The summed E-state index contributed by atoms with van der Waals surface area (Å²) in [5.74, 6) is 1.26. The third kappa shape index (κ3) is 4.72. The Labute approximate surface area is 200 Å². The minimum atomic E-state index is -0.0360. The zero-order valence-electron chi connectivity index (χ0n) is 19.8. The van der Waals surface area contributed by atoms with Crippen LogP contribution in [0, 0.1) is 5.92 Å². The van der Waals surface area contributed by atoms with Crippen molar-refractivity contribution in [1.82, 2.24) is 9.80 Å². The maximum Gasteiger partial charge on any atom is 0.153 e. The molecule has 3 aliphatic rings. The van der Waals surface area contributed by atoms with E-state index in [-0.39, 0.29) is 12.0 Å². The monoisotopic (exact) mass is 461 g/mol. The Morgan fingerprint density at radius 2 is 1.91 bits per heavy atom. The van der Waals surface area contributed by atoms with Crippen molar-refractivity contribution >= 4 is 18.1 Å². The van der Waals surface area contributed by atoms with E-state index in [4.69, 9.17) is 14.3 Å². The largest absolute Gasteiger partial charge is 0.496 e. The Bertz CT molecular complexity index is 1090. The molecule has 0 amide bonds. The zero-order valence-corrected chi connectivity index (χ0v) is 19.8. The molecule has 3 aliphatic heterocycles. The third-order valence-electron chi connectivity index (χ3n) is 6.83. The van der Waals surface area contributed by atoms with Crippen LogP contribution in [0.5, 0.6) is 11.5 Å². The van der Waals surface area contributed by atoms with Crippen LogP contribution in [0.25, 0.3) is 6.08 Å². The van der Waals surface area contributed by atoms with Crippen LogP contribution < -0.4 is 9.47 Å². The molecule has 3 heterocycles. The van der Waals surface area contributed by atoms with Gasteiger partial charge in [-0.2, -0.15) is 0 Å². The second kappa shape index (κ2) is 9.99. The number of benzene rings is 2. The number of hydrogen-bond acceptors (Lipinski definition) is 7. The van der Waals surface area contributed by atoms with Gasteiger partial charge in [0.25, 0.3) is 0 Å². The molecule has 1 fully saturated rings. The summed E-state index contributed by atoms with van der Waals surface area (Å²) in [6.07, 6.45) is 3.01. The van der Waals surface area contributed by atoms with Gasteiger partial charge in [-0.15, -0.1) is 0 Å². The van der Waals surface area contributed by atoms with Gasteiger partial charge in [0.1, 0.15) is 23.8 Å². The van der Waals surface area contributed by atoms with Crippen molar-refractivity contribution in [2.45, 2.75) is 13.0 Å². The highest BCUT2D eigenvalue weighted by Crippen LogP contribution is 2.37. The van der Waals surface area contributed by atoms with Gasteiger partial charge < -0.3 is 14.3 Å². The highest BCUT2D eigenvalue weighted by Gasteiger charge is 2.41. The maximum atomic E-state index is 11.3. The van der Waals surface area contributed by atoms with Crippen molar-refractivity contribution in [1.29, 1.82) is 0 Å². The number of oxime groups is 1. The smallest absolute Gasteiger partial charge is 0.153 e. The summed E-state index contributed by atoms with van der Waals surface area (Å²) < 4.78 is 11.4. The molecule has 7 heteroatoms. The average molecular weight is 462 g/mol. The Hall–Kier alpha value is -3.16. The van der Waals surface area contributed by atoms with Gasteiger partial charge in [-0.05, 0) is 24.6 Å². The van der Waals surface area contributed by atoms with Crippen molar-refractivity contribution in [3.8, 4) is 11.5 Å². The lowest BCUT2D eigenvalue weighted by molar-refractivity contribution is 0.0101. The number of hydrogen-bond donors (Lipinski definition) is 0. The summed E-state index contributed by atoms with van der Waals surface area (Å²) >= 11 is 0. The summed E-state index contributed by atoms with van der Waals surface area (Å²) in [4.78, 5) is 22.2. The minimum absolute atomic E-state index is 0.0360. The first kappa shape index (κ1) is 22.6. The SMILES string of the molecule is COc1cc2c(cc1C=O)OCC1C2=NOC1CN1CCN(C/C(C)=C/c2ccccc2)CC1. The number of aldehydes is 1. The molecule has 34 heavy (non-hydrogen) atoms. The fraction of sp³-hybridized carbons (Fsp3) is 0.407. The lowest BCUT2D eigenvalue weighted by Crippen LogP contribution is -2.50. The van der Waals surface area contributed by atoms with Crippen molar-refractivity contribution in [3.63, 3.8) is 0 Å². The van der Waals surface area contributed by atoms with Gasteiger partial charge in [-0.3, -0.25) is 14.6 Å². The van der Waals surface area contributed by atoms with Crippen molar-refractivity contribution in [3.05, 3.63) is 64.7 Å². The molecule has 0 radical (unpaired) electrons. The molecule has 2 unspecified atom stereocenters. The Morgan fingerprint density at radius 1 is 1.15 bits per heavy atom. The Balaban J connectivity index is 1.16. The first-order valence-electron chi connectivity index (χ1n) is 11.9. The highest BCUT2D eigenvalue weighted by atomic mass is 16.6. The van der Waals surface area contributed by atoms with Crippen LogP contribution in [-0.2, 0) is 4.84 Å². The lowest BCUT2D eigenvalue weighted by atomic mass is 9.89. The van der Waals surface area contributed by atoms with Gasteiger partial charge >= 0.3 is 0 Å². The maximum absolute atomic E-state index is 11.3. The van der Waals surface area contributed by atoms with Crippen molar-refractivity contribution in [2.75, 3.05) is 53.0 Å². The number of piperazine rings is 1. The molecular weight excluding hydrogens is 430 g/mol. The molecule has 5 rings (SSSR count). The predicted molar refractivity (Wildman–Crippen MR) is 132 cm³/mol. The molecule has 0 bridgehead atoms. The molecule has 0 aromatic heterocycles. The second-order valence-corrected chi connectivity index (χ2v) is 9.22. The number of nitrogens with zero attached hydrogens (tertiary/aromatic N) is 3. The number of carbonyl (C=O) groups is 1. The van der Waals surface area contributed by atoms with E-state index >= 15 is 0 Å². The molecule has 178 valence electrons. The minimum Gasteiger partial charge on any atom is -0.496 e. The van der Waals surface area contributed by atoms with E-state index in [1.54, 1.807) is 13.2 Å². The van der Waals surface area contributed by atoms with E-state index in [9.17, 15) is 4.79 Å². The number of carbonyl (C=O) groups excluding carboxylic acids is 1. The Kier molecular flexibility index (Phi) is 6.65. The van der Waals surface area contributed by atoms with Crippen LogP contribution >= 0.6 is 0 Å². The third-order valence-corrected chi connectivity index (χ3v) is 6.83. The number of fused-ring (bicyclic) bond motifs is 3. The number of rotatable bonds is 7. The van der Waals surface area contributed by atoms with Crippen molar-refractivity contribution < 1.29 is 19.1 Å². The predicted octanol–water partition coefficient (Wildman–Crippen LogP) is 3.34. The summed E-state index contributed by atoms with van der Waals surface area (Å²) in [6, 6.07) is 14.0. The quantitative estimate of drug-likeness (QED) is 0.590. The summed E-state index contributed by atoms with van der Waals surface area (Å²) in [5, 5.41) is 4.42.